The second-order valence-electron chi connectivity index (χ2n) is 7.08. The molecule has 2 aromatic rings. The molecule has 2 atom stereocenters. The molecule has 3 rings (SSSR count). The molecule has 0 aromatic heterocycles. The van der Waals surface area contributed by atoms with Gasteiger partial charge in [0.25, 0.3) is 0 Å². The van der Waals surface area contributed by atoms with Crippen molar-refractivity contribution in [3.63, 3.8) is 0 Å². The molecule has 2 amide bonds. The minimum absolute atomic E-state index is 0.0192. The van der Waals surface area contributed by atoms with E-state index in [4.69, 9.17) is 0 Å². The van der Waals surface area contributed by atoms with Gasteiger partial charge in [0, 0.05) is 24.3 Å². The number of benzene rings is 2. The zero-order chi connectivity index (χ0) is 18.7. The number of nitrogens with one attached hydrogen (secondary N) is 1. The van der Waals surface area contributed by atoms with Crippen molar-refractivity contribution in [2.45, 2.75) is 39.5 Å². The molecule has 1 N–H and O–H groups in total. The minimum atomic E-state index is -0.327. The average molecular weight is 350 g/mol. The maximum absolute atomic E-state index is 12.7. The van der Waals surface area contributed by atoms with Gasteiger partial charge in [0.1, 0.15) is 0 Å². The second kappa shape index (κ2) is 7.73. The number of para-hydroxylation sites is 2. The fourth-order valence-electron chi connectivity index (χ4n) is 3.43. The van der Waals surface area contributed by atoms with Crippen molar-refractivity contribution in [3.8, 4) is 0 Å². The monoisotopic (exact) mass is 350 g/mol. The zero-order valence-electron chi connectivity index (χ0n) is 15.7. The molecule has 0 bridgehead atoms. The lowest BCUT2D eigenvalue weighted by Gasteiger charge is -2.23. The Morgan fingerprint density at radius 1 is 1.19 bits per heavy atom. The molecule has 0 unspecified atom stereocenters. The van der Waals surface area contributed by atoms with E-state index in [9.17, 15) is 9.59 Å². The summed E-state index contributed by atoms with van der Waals surface area (Å²) in [7, 11) is 0. The number of anilines is 2. The molecule has 4 heteroatoms. The Hall–Kier alpha value is -2.62. The number of nitrogens with zero attached hydrogens (tertiary/aromatic N) is 1. The highest BCUT2D eigenvalue weighted by molar-refractivity contribution is 6.04. The SMILES string of the molecule is CC[C@@H](C)c1ccccc1N1C[C@@H](C(=O)Nc2ccccc2C)CC1=O. The van der Waals surface area contributed by atoms with Crippen molar-refractivity contribution in [1.29, 1.82) is 0 Å². The number of amides is 2. The average Bonchev–Trinajstić information content (AvgIpc) is 3.04. The highest BCUT2D eigenvalue weighted by Crippen LogP contribution is 2.33. The number of carbonyl (C=O) groups excluding carboxylic acids is 2. The molecule has 2 aromatic carbocycles. The summed E-state index contributed by atoms with van der Waals surface area (Å²) in [6, 6.07) is 15.7. The Labute approximate surface area is 155 Å². The summed E-state index contributed by atoms with van der Waals surface area (Å²) >= 11 is 0. The van der Waals surface area contributed by atoms with Crippen LogP contribution < -0.4 is 10.2 Å². The van der Waals surface area contributed by atoms with Crippen molar-refractivity contribution in [2.75, 3.05) is 16.8 Å². The van der Waals surface area contributed by atoms with Gasteiger partial charge in [-0.2, -0.15) is 0 Å². The number of hydrogen-bond donors (Lipinski definition) is 1. The summed E-state index contributed by atoms with van der Waals surface area (Å²) in [6.07, 6.45) is 1.27. The van der Waals surface area contributed by atoms with E-state index in [0.29, 0.717) is 12.5 Å². The van der Waals surface area contributed by atoms with Crippen LogP contribution in [0.2, 0.25) is 0 Å². The van der Waals surface area contributed by atoms with Crippen LogP contribution in [0.4, 0.5) is 11.4 Å². The van der Waals surface area contributed by atoms with Crippen LogP contribution in [0.3, 0.4) is 0 Å². The number of rotatable bonds is 5. The van der Waals surface area contributed by atoms with Gasteiger partial charge in [0.15, 0.2) is 0 Å². The first-order valence-electron chi connectivity index (χ1n) is 9.27. The Morgan fingerprint density at radius 3 is 2.62 bits per heavy atom. The van der Waals surface area contributed by atoms with Crippen LogP contribution in [0.25, 0.3) is 0 Å². The molecule has 4 nitrogen and oxygen atoms in total. The van der Waals surface area contributed by atoms with Crippen LogP contribution in [0.1, 0.15) is 43.7 Å². The summed E-state index contributed by atoms with van der Waals surface area (Å²) in [5, 5.41) is 2.98. The van der Waals surface area contributed by atoms with Crippen molar-refractivity contribution in [1.82, 2.24) is 0 Å². The maximum atomic E-state index is 12.7. The normalized spacial score (nSPS) is 18.0. The van der Waals surface area contributed by atoms with E-state index >= 15 is 0 Å². The van der Waals surface area contributed by atoms with E-state index in [1.54, 1.807) is 4.90 Å². The Morgan fingerprint density at radius 2 is 1.88 bits per heavy atom. The van der Waals surface area contributed by atoms with E-state index < -0.39 is 0 Å². The molecule has 136 valence electrons. The van der Waals surface area contributed by atoms with E-state index in [2.05, 4.69) is 25.2 Å². The maximum Gasteiger partial charge on any atom is 0.229 e. The molecule has 1 aliphatic rings. The molecule has 0 aliphatic carbocycles. The first kappa shape index (κ1) is 18.2. The Bertz CT molecular complexity index is 815. The third kappa shape index (κ3) is 3.64. The highest BCUT2D eigenvalue weighted by atomic mass is 16.2. The van der Waals surface area contributed by atoms with Gasteiger partial charge in [-0.05, 0) is 42.5 Å². The van der Waals surface area contributed by atoms with Crippen molar-refractivity contribution in [2.24, 2.45) is 5.92 Å². The van der Waals surface area contributed by atoms with E-state index in [0.717, 1.165) is 23.4 Å². The fraction of sp³-hybridized carbons (Fsp3) is 0.364. The van der Waals surface area contributed by atoms with E-state index in [1.165, 1.54) is 5.56 Å². The van der Waals surface area contributed by atoms with Crippen LogP contribution in [0.5, 0.6) is 0 Å². The molecular formula is C22H26N2O2. The van der Waals surface area contributed by atoms with Gasteiger partial charge in [0.2, 0.25) is 11.8 Å². The predicted octanol–water partition coefficient (Wildman–Crippen LogP) is 4.50. The molecule has 1 aliphatic heterocycles. The van der Waals surface area contributed by atoms with Gasteiger partial charge < -0.3 is 10.2 Å². The third-order valence-corrected chi connectivity index (χ3v) is 5.27. The molecule has 1 heterocycles. The van der Waals surface area contributed by atoms with Crippen LogP contribution in [-0.2, 0) is 9.59 Å². The Kier molecular flexibility index (Phi) is 5.40. The quantitative estimate of drug-likeness (QED) is 0.863. The number of hydrogen-bond acceptors (Lipinski definition) is 2. The van der Waals surface area contributed by atoms with E-state index in [1.807, 2.05) is 49.4 Å². The van der Waals surface area contributed by atoms with Crippen LogP contribution in [0.15, 0.2) is 48.5 Å². The lowest BCUT2D eigenvalue weighted by Crippen LogP contribution is -2.29. The molecule has 0 spiro atoms. The number of carbonyl (C=O) groups is 2. The van der Waals surface area contributed by atoms with Crippen molar-refractivity contribution in [3.05, 3.63) is 59.7 Å². The lowest BCUT2D eigenvalue weighted by atomic mass is 9.96. The first-order valence-corrected chi connectivity index (χ1v) is 9.27. The van der Waals surface area contributed by atoms with Crippen LogP contribution in [-0.4, -0.2) is 18.4 Å². The molecular weight excluding hydrogens is 324 g/mol. The zero-order valence-corrected chi connectivity index (χ0v) is 15.7. The van der Waals surface area contributed by atoms with Gasteiger partial charge in [-0.1, -0.05) is 50.2 Å². The lowest BCUT2D eigenvalue weighted by molar-refractivity contribution is -0.122. The second-order valence-corrected chi connectivity index (χ2v) is 7.08. The third-order valence-electron chi connectivity index (χ3n) is 5.27. The molecule has 1 fully saturated rings. The highest BCUT2D eigenvalue weighted by Gasteiger charge is 2.36. The van der Waals surface area contributed by atoms with Crippen LogP contribution in [0, 0.1) is 12.8 Å². The van der Waals surface area contributed by atoms with Gasteiger partial charge in [-0.3, -0.25) is 9.59 Å². The van der Waals surface area contributed by atoms with Gasteiger partial charge >= 0.3 is 0 Å². The summed E-state index contributed by atoms with van der Waals surface area (Å²) in [4.78, 5) is 27.1. The van der Waals surface area contributed by atoms with E-state index in [-0.39, 0.29) is 24.2 Å². The largest absolute Gasteiger partial charge is 0.326 e. The summed E-state index contributed by atoms with van der Waals surface area (Å²) < 4.78 is 0. The van der Waals surface area contributed by atoms with Crippen molar-refractivity contribution >= 4 is 23.2 Å². The summed E-state index contributed by atoms with van der Waals surface area (Å²) in [5.41, 5.74) is 3.94. The first-order chi connectivity index (χ1) is 12.5. The van der Waals surface area contributed by atoms with Gasteiger partial charge in [-0.25, -0.2) is 0 Å². The fourth-order valence-corrected chi connectivity index (χ4v) is 3.43. The number of aryl methyl sites for hydroxylation is 1. The minimum Gasteiger partial charge on any atom is -0.326 e. The van der Waals surface area contributed by atoms with Crippen LogP contribution >= 0.6 is 0 Å². The molecule has 0 radical (unpaired) electrons. The summed E-state index contributed by atoms with van der Waals surface area (Å²) in [6.45, 7) is 6.71. The Balaban J connectivity index is 1.77. The topological polar surface area (TPSA) is 49.4 Å². The van der Waals surface area contributed by atoms with Gasteiger partial charge in [0.05, 0.1) is 5.92 Å². The standard InChI is InChI=1S/C22H26N2O2/c1-4-15(2)18-10-6-8-12-20(18)24-14-17(13-21(24)25)22(26)23-19-11-7-5-9-16(19)3/h5-12,15,17H,4,13-14H2,1-3H3,(H,23,26)/t15-,17+/m1/s1. The summed E-state index contributed by atoms with van der Waals surface area (Å²) in [5.74, 6) is -0.0206. The van der Waals surface area contributed by atoms with Gasteiger partial charge in [-0.15, -0.1) is 0 Å². The molecule has 26 heavy (non-hydrogen) atoms. The molecule has 1 saturated heterocycles. The smallest absolute Gasteiger partial charge is 0.229 e. The van der Waals surface area contributed by atoms with Crippen molar-refractivity contribution < 1.29 is 9.59 Å². The predicted molar refractivity (Wildman–Crippen MR) is 105 cm³/mol. The molecule has 0 saturated carbocycles.